The van der Waals surface area contributed by atoms with E-state index in [9.17, 15) is 10.2 Å². The molecular formula is C14H12N2O2. The van der Waals surface area contributed by atoms with Gasteiger partial charge in [0.1, 0.15) is 11.5 Å². The van der Waals surface area contributed by atoms with E-state index in [1.54, 1.807) is 24.3 Å². The highest BCUT2D eigenvalue weighted by Crippen LogP contribution is 2.35. The fourth-order valence-electron chi connectivity index (χ4n) is 2.16. The second-order valence-corrected chi connectivity index (χ2v) is 4.33. The molecule has 0 atom stereocenters. The first-order chi connectivity index (χ1) is 8.56. The molecule has 0 heterocycles. The Balaban J connectivity index is 2.52. The zero-order chi connectivity index (χ0) is 12.9. The van der Waals surface area contributed by atoms with Crippen molar-refractivity contribution in [1.82, 2.24) is 0 Å². The van der Waals surface area contributed by atoms with Crippen LogP contribution in [0.3, 0.4) is 0 Å². The third-order valence-corrected chi connectivity index (χ3v) is 3.13. The first-order valence-electron chi connectivity index (χ1n) is 5.49. The number of fused-ring (bicyclic) bond motifs is 3. The van der Waals surface area contributed by atoms with Crippen molar-refractivity contribution in [2.75, 3.05) is 11.5 Å². The Morgan fingerprint density at radius 1 is 0.667 bits per heavy atom. The Labute approximate surface area is 103 Å². The summed E-state index contributed by atoms with van der Waals surface area (Å²) in [6, 6.07) is 10.4. The molecule has 0 spiro atoms. The summed E-state index contributed by atoms with van der Waals surface area (Å²) in [5, 5.41) is 22.7. The molecule has 0 radical (unpaired) electrons. The van der Waals surface area contributed by atoms with Gasteiger partial charge in [-0.2, -0.15) is 0 Å². The van der Waals surface area contributed by atoms with Crippen LogP contribution in [-0.2, 0) is 0 Å². The molecule has 3 aromatic rings. The smallest absolute Gasteiger partial charge is 0.139 e. The van der Waals surface area contributed by atoms with Crippen molar-refractivity contribution in [2.45, 2.75) is 0 Å². The molecule has 0 saturated carbocycles. The molecule has 0 bridgehead atoms. The van der Waals surface area contributed by atoms with Gasteiger partial charge in [0.2, 0.25) is 0 Å². The molecular weight excluding hydrogens is 228 g/mol. The van der Waals surface area contributed by atoms with E-state index >= 15 is 0 Å². The van der Waals surface area contributed by atoms with Crippen molar-refractivity contribution in [3.8, 4) is 11.5 Å². The molecule has 0 aliphatic rings. The second kappa shape index (κ2) is 3.43. The summed E-state index contributed by atoms with van der Waals surface area (Å²) in [7, 11) is 0. The second-order valence-electron chi connectivity index (χ2n) is 4.33. The van der Waals surface area contributed by atoms with E-state index in [0.717, 1.165) is 21.5 Å². The van der Waals surface area contributed by atoms with Gasteiger partial charge in [0.05, 0.1) is 11.4 Å². The number of nitrogens with two attached hydrogens (primary N) is 2. The van der Waals surface area contributed by atoms with E-state index in [4.69, 9.17) is 11.5 Å². The molecule has 0 fully saturated rings. The average Bonchev–Trinajstić information content (AvgIpc) is 2.33. The van der Waals surface area contributed by atoms with Gasteiger partial charge in [-0.25, -0.2) is 0 Å². The van der Waals surface area contributed by atoms with Crippen LogP contribution >= 0.6 is 0 Å². The van der Waals surface area contributed by atoms with E-state index in [0.29, 0.717) is 11.4 Å². The van der Waals surface area contributed by atoms with Crippen molar-refractivity contribution >= 4 is 32.9 Å². The monoisotopic (exact) mass is 240 g/mol. The Kier molecular flexibility index (Phi) is 2.01. The van der Waals surface area contributed by atoms with Crippen LogP contribution in [-0.4, -0.2) is 10.2 Å². The van der Waals surface area contributed by atoms with E-state index in [2.05, 4.69) is 0 Å². The Morgan fingerprint density at radius 2 is 1.06 bits per heavy atom. The lowest BCUT2D eigenvalue weighted by atomic mass is 10.0. The third kappa shape index (κ3) is 1.39. The predicted octanol–water partition coefficient (Wildman–Crippen LogP) is 2.57. The van der Waals surface area contributed by atoms with Crippen LogP contribution in [0.2, 0.25) is 0 Å². The average molecular weight is 240 g/mol. The fourth-order valence-corrected chi connectivity index (χ4v) is 2.16. The van der Waals surface area contributed by atoms with Crippen LogP contribution in [0, 0.1) is 0 Å². The van der Waals surface area contributed by atoms with E-state index in [-0.39, 0.29) is 11.5 Å². The standard InChI is InChI=1S/C14H12N2O2/c15-11-5-9-7(3-13(11)17)1-2-8-4-14(18)12(16)6-10(8)9/h1-6,17-18H,15-16H2. The Hall–Kier alpha value is -2.62. The quantitative estimate of drug-likeness (QED) is 0.276. The van der Waals surface area contributed by atoms with Gasteiger partial charge in [0.15, 0.2) is 0 Å². The van der Waals surface area contributed by atoms with Gasteiger partial charge < -0.3 is 21.7 Å². The predicted molar refractivity (Wildman–Crippen MR) is 73.6 cm³/mol. The van der Waals surface area contributed by atoms with Gasteiger partial charge in [0.25, 0.3) is 0 Å². The number of nitrogen functional groups attached to an aromatic ring is 2. The summed E-state index contributed by atoms with van der Waals surface area (Å²) in [6.45, 7) is 0. The SMILES string of the molecule is Nc1cc2c(ccc3cc(O)c(N)cc32)cc1O. The van der Waals surface area contributed by atoms with Crippen molar-refractivity contribution in [1.29, 1.82) is 0 Å². The van der Waals surface area contributed by atoms with Gasteiger partial charge in [-0.1, -0.05) is 12.1 Å². The molecule has 0 amide bonds. The molecule has 0 aliphatic heterocycles. The van der Waals surface area contributed by atoms with Crippen LogP contribution in [0.25, 0.3) is 21.5 Å². The highest BCUT2D eigenvalue weighted by Gasteiger charge is 2.07. The summed E-state index contributed by atoms with van der Waals surface area (Å²) >= 11 is 0. The number of phenolic OH excluding ortho intramolecular Hbond substituents is 2. The summed E-state index contributed by atoms with van der Waals surface area (Å²) in [5.74, 6) is 0.127. The number of anilines is 2. The van der Waals surface area contributed by atoms with Gasteiger partial charge in [-0.3, -0.25) is 0 Å². The molecule has 0 aromatic heterocycles. The van der Waals surface area contributed by atoms with E-state index in [1.807, 2.05) is 12.1 Å². The lowest BCUT2D eigenvalue weighted by Gasteiger charge is -2.08. The molecule has 3 aromatic carbocycles. The van der Waals surface area contributed by atoms with Crippen LogP contribution in [0.15, 0.2) is 36.4 Å². The zero-order valence-corrected chi connectivity index (χ0v) is 9.51. The van der Waals surface area contributed by atoms with Crippen LogP contribution in [0.1, 0.15) is 0 Å². The molecule has 0 aliphatic carbocycles. The number of rotatable bonds is 0. The molecule has 4 heteroatoms. The van der Waals surface area contributed by atoms with E-state index in [1.165, 1.54) is 0 Å². The lowest BCUT2D eigenvalue weighted by Crippen LogP contribution is -1.89. The highest BCUT2D eigenvalue weighted by atomic mass is 16.3. The number of benzene rings is 3. The van der Waals surface area contributed by atoms with Gasteiger partial charge in [-0.05, 0) is 45.8 Å². The largest absolute Gasteiger partial charge is 0.506 e. The van der Waals surface area contributed by atoms with Gasteiger partial charge in [-0.15, -0.1) is 0 Å². The molecule has 0 saturated heterocycles. The lowest BCUT2D eigenvalue weighted by molar-refractivity contribution is 0.478. The first kappa shape index (κ1) is 10.5. The number of hydrogen-bond donors (Lipinski definition) is 4. The topological polar surface area (TPSA) is 92.5 Å². The Morgan fingerprint density at radius 3 is 1.44 bits per heavy atom. The minimum absolute atomic E-state index is 0.0635. The summed E-state index contributed by atoms with van der Waals surface area (Å²) < 4.78 is 0. The highest BCUT2D eigenvalue weighted by molar-refractivity contribution is 6.10. The van der Waals surface area contributed by atoms with Crippen molar-refractivity contribution in [2.24, 2.45) is 0 Å². The van der Waals surface area contributed by atoms with Crippen molar-refractivity contribution in [3.05, 3.63) is 36.4 Å². The van der Waals surface area contributed by atoms with Crippen molar-refractivity contribution < 1.29 is 10.2 Å². The van der Waals surface area contributed by atoms with Crippen LogP contribution in [0.4, 0.5) is 11.4 Å². The number of aromatic hydroxyl groups is 2. The minimum Gasteiger partial charge on any atom is -0.506 e. The zero-order valence-electron chi connectivity index (χ0n) is 9.51. The maximum Gasteiger partial charge on any atom is 0.139 e. The molecule has 90 valence electrons. The maximum absolute atomic E-state index is 9.60. The third-order valence-electron chi connectivity index (χ3n) is 3.13. The molecule has 6 N–H and O–H groups in total. The van der Waals surface area contributed by atoms with Crippen LogP contribution in [0.5, 0.6) is 11.5 Å². The van der Waals surface area contributed by atoms with Crippen LogP contribution < -0.4 is 11.5 Å². The fraction of sp³-hybridized carbons (Fsp3) is 0. The van der Waals surface area contributed by atoms with Crippen molar-refractivity contribution in [3.63, 3.8) is 0 Å². The molecule has 0 unspecified atom stereocenters. The number of phenols is 2. The minimum atomic E-state index is 0.0635. The summed E-state index contributed by atoms with van der Waals surface area (Å²) in [6.07, 6.45) is 0. The first-order valence-corrected chi connectivity index (χ1v) is 5.49. The molecule has 18 heavy (non-hydrogen) atoms. The number of hydrogen-bond acceptors (Lipinski definition) is 4. The van der Waals surface area contributed by atoms with Gasteiger partial charge >= 0.3 is 0 Å². The van der Waals surface area contributed by atoms with Gasteiger partial charge in [0, 0.05) is 0 Å². The molecule has 4 nitrogen and oxygen atoms in total. The summed E-state index contributed by atoms with van der Waals surface area (Å²) in [4.78, 5) is 0. The maximum atomic E-state index is 9.60. The summed E-state index contributed by atoms with van der Waals surface area (Å²) in [5.41, 5.74) is 12.1. The van der Waals surface area contributed by atoms with E-state index < -0.39 is 0 Å². The Bertz CT molecular complexity index is 715. The molecule has 3 rings (SSSR count). The normalized spacial score (nSPS) is 11.1.